The molecule has 0 bridgehead atoms. The fourth-order valence-corrected chi connectivity index (χ4v) is 7.54. The average Bonchev–Trinajstić information content (AvgIpc) is 2.94. The Bertz CT molecular complexity index is 963. The number of benzene rings is 3. The van der Waals surface area contributed by atoms with Crippen LogP contribution in [0.25, 0.3) is 5.31 Å². The summed E-state index contributed by atoms with van der Waals surface area (Å²) in [6, 6.07) is 29.6. The molecule has 26 heavy (non-hydrogen) atoms. The first-order valence-corrected chi connectivity index (χ1v) is 10.8. The summed E-state index contributed by atoms with van der Waals surface area (Å²) in [7, 11) is -2.88. The number of aliphatic hydroxyl groups excluding tert-OH is 1. The molecular formula is C23H21O2P. The second kappa shape index (κ2) is 6.97. The lowest BCUT2D eigenvalue weighted by atomic mass is 10.1. The van der Waals surface area contributed by atoms with Crippen LogP contribution in [0, 0.1) is 0 Å². The molecule has 0 aromatic heterocycles. The number of aliphatic hydroxyl groups is 1. The summed E-state index contributed by atoms with van der Waals surface area (Å²) in [6.45, 7) is 0. The molecule has 0 amide bonds. The van der Waals surface area contributed by atoms with Crippen molar-refractivity contribution >= 4 is 12.5 Å². The van der Waals surface area contributed by atoms with Crippen molar-refractivity contribution in [1.82, 2.24) is 0 Å². The highest BCUT2D eigenvalue weighted by atomic mass is 31.2. The first-order chi connectivity index (χ1) is 12.7. The largest absolute Gasteiger partial charge is 0.511 e. The van der Waals surface area contributed by atoms with Crippen LogP contribution in [0.4, 0.5) is 0 Å². The van der Waals surface area contributed by atoms with Crippen LogP contribution in [0.5, 0.6) is 0 Å². The molecule has 0 saturated heterocycles. The van der Waals surface area contributed by atoms with E-state index in [-0.39, 0.29) is 11.4 Å². The van der Waals surface area contributed by atoms with Gasteiger partial charge in [-0.2, -0.15) is 0 Å². The average molecular weight is 360 g/mol. The molecule has 3 aromatic rings. The summed E-state index contributed by atoms with van der Waals surface area (Å²) >= 11 is 0. The Morgan fingerprint density at radius 1 is 0.808 bits per heavy atom. The molecule has 2 atom stereocenters. The van der Waals surface area contributed by atoms with Gasteiger partial charge < -0.3 is 9.67 Å². The standard InChI is InChI=1S/C23H21O2P/c24-21-16-22(19-12-6-2-7-13-19)26(25,17-18-10-4-1-5-11-18)23(21)20-14-8-3-9-15-20/h1-15,22,24H,16-17H2/t22-,26+/m1/s1. The highest BCUT2D eigenvalue weighted by Gasteiger charge is 2.46. The minimum atomic E-state index is -2.88. The zero-order chi connectivity index (χ0) is 18.0. The fourth-order valence-electron chi connectivity index (χ4n) is 3.86. The summed E-state index contributed by atoms with van der Waals surface area (Å²) in [4.78, 5) is 0. The predicted molar refractivity (Wildman–Crippen MR) is 108 cm³/mol. The Balaban J connectivity index is 1.84. The lowest BCUT2D eigenvalue weighted by molar-refractivity contribution is 0.394. The molecule has 1 heterocycles. The number of hydrogen-bond acceptors (Lipinski definition) is 2. The number of allylic oxidation sites excluding steroid dienone is 1. The first kappa shape index (κ1) is 16.9. The van der Waals surface area contributed by atoms with Gasteiger partial charge in [0.15, 0.2) is 0 Å². The van der Waals surface area contributed by atoms with Gasteiger partial charge in [-0.05, 0) is 16.7 Å². The highest BCUT2D eigenvalue weighted by molar-refractivity contribution is 7.74. The van der Waals surface area contributed by atoms with Crippen molar-refractivity contribution < 1.29 is 9.67 Å². The molecule has 0 radical (unpaired) electrons. The van der Waals surface area contributed by atoms with Gasteiger partial charge in [0.2, 0.25) is 0 Å². The molecule has 1 N–H and O–H groups in total. The van der Waals surface area contributed by atoms with E-state index >= 15 is 0 Å². The Labute approximate surface area is 154 Å². The molecule has 0 spiro atoms. The number of rotatable bonds is 4. The zero-order valence-electron chi connectivity index (χ0n) is 14.5. The molecule has 3 heteroatoms. The third-order valence-electron chi connectivity index (χ3n) is 5.03. The molecule has 3 aromatic carbocycles. The van der Waals surface area contributed by atoms with Gasteiger partial charge in [-0.1, -0.05) is 91.0 Å². The first-order valence-electron chi connectivity index (χ1n) is 8.84. The Hall–Kier alpha value is -2.57. The lowest BCUT2D eigenvalue weighted by Crippen LogP contribution is -1.99. The molecule has 2 nitrogen and oxygen atoms in total. The van der Waals surface area contributed by atoms with E-state index in [1.165, 1.54) is 0 Å². The zero-order valence-corrected chi connectivity index (χ0v) is 15.3. The van der Waals surface area contributed by atoms with E-state index in [1.54, 1.807) is 0 Å². The van der Waals surface area contributed by atoms with E-state index in [1.807, 2.05) is 91.0 Å². The van der Waals surface area contributed by atoms with E-state index in [4.69, 9.17) is 0 Å². The summed E-state index contributed by atoms with van der Waals surface area (Å²) in [5.74, 6) is 0.268. The summed E-state index contributed by atoms with van der Waals surface area (Å²) in [5, 5.41) is 11.4. The maximum absolute atomic E-state index is 14.4. The molecule has 0 fully saturated rings. The van der Waals surface area contributed by atoms with E-state index < -0.39 is 7.14 Å². The minimum Gasteiger partial charge on any atom is -0.511 e. The Morgan fingerprint density at radius 3 is 1.96 bits per heavy atom. The van der Waals surface area contributed by atoms with Gasteiger partial charge in [0, 0.05) is 18.2 Å². The SMILES string of the molecule is O=[P@]1(Cc2ccccc2)C(c2ccccc2)=C(O)C[C@@H]1c1ccccc1. The van der Waals surface area contributed by atoms with Crippen LogP contribution in [-0.4, -0.2) is 5.11 Å². The molecule has 130 valence electrons. The quantitative estimate of drug-likeness (QED) is 0.531. The monoisotopic (exact) mass is 360 g/mol. The second-order valence-corrected chi connectivity index (χ2v) is 9.71. The third-order valence-corrected chi connectivity index (χ3v) is 8.63. The van der Waals surface area contributed by atoms with Crippen molar-refractivity contribution in [3.05, 3.63) is 113 Å². The van der Waals surface area contributed by atoms with E-state index in [2.05, 4.69) is 0 Å². The normalized spacial score (nSPS) is 22.5. The molecule has 0 saturated carbocycles. The van der Waals surface area contributed by atoms with Crippen molar-refractivity contribution in [3.8, 4) is 0 Å². The molecule has 1 aliphatic rings. The molecule has 1 aliphatic heterocycles. The van der Waals surface area contributed by atoms with Gasteiger partial charge in [-0.15, -0.1) is 0 Å². The smallest absolute Gasteiger partial charge is 0.131 e. The van der Waals surface area contributed by atoms with Crippen LogP contribution < -0.4 is 0 Å². The van der Waals surface area contributed by atoms with E-state index in [0.29, 0.717) is 17.9 Å². The van der Waals surface area contributed by atoms with Crippen LogP contribution in [0.1, 0.15) is 28.8 Å². The van der Waals surface area contributed by atoms with Crippen LogP contribution in [0.2, 0.25) is 0 Å². The molecule has 0 aliphatic carbocycles. The van der Waals surface area contributed by atoms with Crippen LogP contribution >= 0.6 is 7.14 Å². The predicted octanol–water partition coefficient (Wildman–Crippen LogP) is 6.62. The number of hydrogen-bond donors (Lipinski definition) is 1. The van der Waals surface area contributed by atoms with Crippen LogP contribution in [0.15, 0.2) is 96.8 Å². The highest BCUT2D eigenvalue weighted by Crippen LogP contribution is 2.76. The van der Waals surface area contributed by atoms with Crippen molar-refractivity contribution in [2.75, 3.05) is 0 Å². The van der Waals surface area contributed by atoms with Gasteiger partial charge in [0.1, 0.15) is 12.9 Å². The van der Waals surface area contributed by atoms with Gasteiger partial charge >= 0.3 is 0 Å². The van der Waals surface area contributed by atoms with Crippen molar-refractivity contribution in [3.63, 3.8) is 0 Å². The summed E-state index contributed by atoms with van der Waals surface area (Å²) in [6.07, 6.45) is 0.889. The maximum atomic E-state index is 14.4. The van der Waals surface area contributed by atoms with Gasteiger partial charge in [-0.3, -0.25) is 0 Å². The molecule has 0 unspecified atom stereocenters. The molecule has 4 rings (SSSR count). The molecular weight excluding hydrogens is 339 g/mol. The Morgan fingerprint density at radius 2 is 1.35 bits per heavy atom. The van der Waals surface area contributed by atoms with Crippen LogP contribution in [0.3, 0.4) is 0 Å². The third kappa shape index (κ3) is 3.02. The van der Waals surface area contributed by atoms with Gasteiger partial charge in [-0.25, -0.2) is 0 Å². The Kier molecular flexibility index (Phi) is 4.53. The van der Waals surface area contributed by atoms with Gasteiger partial charge in [0.05, 0.1) is 5.31 Å². The van der Waals surface area contributed by atoms with Gasteiger partial charge in [0.25, 0.3) is 0 Å². The maximum Gasteiger partial charge on any atom is 0.131 e. The van der Waals surface area contributed by atoms with E-state index in [9.17, 15) is 9.67 Å². The topological polar surface area (TPSA) is 37.3 Å². The van der Waals surface area contributed by atoms with E-state index in [0.717, 1.165) is 16.7 Å². The van der Waals surface area contributed by atoms with Crippen molar-refractivity contribution in [2.45, 2.75) is 18.2 Å². The minimum absolute atomic E-state index is 0.181. The van der Waals surface area contributed by atoms with Crippen molar-refractivity contribution in [1.29, 1.82) is 0 Å². The lowest BCUT2D eigenvalue weighted by Gasteiger charge is -2.24. The van der Waals surface area contributed by atoms with Crippen molar-refractivity contribution in [2.24, 2.45) is 0 Å². The summed E-state index contributed by atoms with van der Waals surface area (Å²) in [5.41, 5.74) is 2.76. The summed E-state index contributed by atoms with van der Waals surface area (Å²) < 4.78 is 14.4. The fraction of sp³-hybridized carbons (Fsp3) is 0.130. The van der Waals surface area contributed by atoms with Crippen LogP contribution in [-0.2, 0) is 10.7 Å². The second-order valence-electron chi connectivity index (χ2n) is 6.73.